The smallest absolute Gasteiger partial charge is 0.257 e. The molecule has 25 heavy (non-hydrogen) atoms. The number of rotatable bonds is 2. The summed E-state index contributed by atoms with van der Waals surface area (Å²) in [6, 6.07) is 26.4. The quantitative estimate of drug-likeness (QED) is 0.711. The van der Waals surface area contributed by atoms with Crippen LogP contribution in [0.3, 0.4) is 0 Å². The highest BCUT2D eigenvalue weighted by atomic mass is 16.5. The third-order valence-corrected chi connectivity index (χ3v) is 5.16. The zero-order valence-corrected chi connectivity index (χ0v) is 13.7. The highest BCUT2D eigenvalue weighted by Gasteiger charge is 2.54. The number of benzene rings is 3. The lowest BCUT2D eigenvalue weighted by Gasteiger charge is -2.32. The Morgan fingerprint density at radius 2 is 1.48 bits per heavy atom. The molecule has 0 radical (unpaired) electrons. The fourth-order valence-corrected chi connectivity index (χ4v) is 4.01. The molecule has 0 aromatic heterocycles. The molecule has 1 amide bonds. The van der Waals surface area contributed by atoms with Gasteiger partial charge in [-0.2, -0.15) is 0 Å². The molecular formula is C22H17NO2. The molecule has 3 nitrogen and oxygen atoms in total. The molecule has 0 aliphatic carbocycles. The van der Waals surface area contributed by atoms with Crippen LogP contribution >= 0.6 is 0 Å². The van der Waals surface area contributed by atoms with Crippen LogP contribution in [0.1, 0.15) is 21.5 Å². The molecule has 0 N–H and O–H groups in total. The normalized spacial score (nSPS) is 21.3. The van der Waals surface area contributed by atoms with Crippen LogP contribution in [0.25, 0.3) is 11.1 Å². The van der Waals surface area contributed by atoms with Gasteiger partial charge >= 0.3 is 0 Å². The van der Waals surface area contributed by atoms with Crippen molar-refractivity contribution < 1.29 is 9.53 Å². The first-order valence-electron chi connectivity index (χ1n) is 8.52. The molecule has 3 aromatic rings. The maximum atomic E-state index is 12.8. The van der Waals surface area contributed by atoms with Gasteiger partial charge in [0.15, 0.2) is 5.72 Å². The van der Waals surface area contributed by atoms with Crippen LogP contribution in [0, 0.1) is 0 Å². The molecular weight excluding hydrogens is 310 g/mol. The predicted molar refractivity (Wildman–Crippen MR) is 96.1 cm³/mol. The molecule has 1 saturated heterocycles. The van der Waals surface area contributed by atoms with Crippen LogP contribution in [0.5, 0.6) is 0 Å². The van der Waals surface area contributed by atoms with Crippen LogP contribution < -0.4 is 0 Å². The van der Waals surface area contributed by atoms with Gasteiger partial charge in [-0.3, -0.25) is 9.69 Å². The van der Waals surface area contributed by atoms with Gasteiger partial charge in [-0.05, 0) is 17.2 Å². The van der Waals surface area contributed by atoms with E-state index >= 15 is 0 Å². The number of carbonyl (C=O) groups is 1. The van der Waals surface area contributed by atoms with Crippen molar-refractivity contribution in [3.63, 3.8) is 0 Å². The highest BCUT2D eigenvalue weighted by Crippen LogP contribution is 2.47. The summed E-state index contributed by atoms with van der Waals surface area (Å²) in [5.74, 6) is 0.0558. The van der Waals surface area contributed by atoms with Crippen LogP contribution in [0.15, 0.2) is 78.9 Å². The second kappa shape index (κ2) is 5.30. The van der Waals surface area contributed by atoms with E-state index < -0.39 is 5.72 Å². The second-order valence-electron chi connectivity index (χ2n) is 6.44. The number of hydrogen-bond donors (Lipinski definition) is 0. The largest absolute Gasteiger partial charge is 0.345 e. The van der Waals surface area contributed by atoms with Gasteiger partial charge < -0.3 is 4.74 Å². The van der Waals surface area contributed by atoms with E-state index in [0.29, 0.717) is 13.2 Å². The Hall–Kier alpha value is -2.91. The topological polar surface area (TPSA) is 29.5 Å². The molecule has 1 unspecified atom stereocenters. The van der Waals surface area contributed by atoms with Crippen molar-refractivity contribution in [1.29, 1.82) is 0 Å². The van der Waals surface area contributed by atoms with E-state index in [4.69, 9.17) is 4.74 Å². The van der Waals surface area contributed by atoms with Gasteiger partial charge in [0.05, 0.1) is 6.61 Å². The fraction of sp³-hybridized carbons (Fsp3) is 0.136. The Bertz CT molecular complexity index is 949. The second-order valence-corrected chi connectivity index (χ2v) is 6.44. The summed E-state index contributed by atoms with van der Waals surface area (Å²) in [6.45, 7) is 1.18. The Labute approximate surface area is 146 Å². The van der Waals surface area contributed by atoms with Crippen molar-refractivity contribution >= 4 is 5.91 Å². The zero-order chi connectivity index (χ0) is 16.9. The molecule has 5 rings (SSSR count). The maximum absolute atomic E-state index is 12.8. The van der Waals surface area contributed by atoms with Crippen molar-refractivity contribution in [2.45, 2.75) is 5.72 Å². The summed E-state index contributed by atoms with van der Waals surface area (Å²) in [4.78, 5) is 14.6. The van der Waals surface area contributed by atoms with E-state index in [0.717, 1.165) is 22.3 Å². The lowest BCUT2D eigenvalue weighted by Crippen LogP contribution is -2.40. The summed E-state index contributed by atoms with van der Waals surface area (Å²) in [6.07, 6.45) is 0. The van der Waals surface area contributed by atoms with Crippen molar-refractivity contribution in [2.75, 3.05) is 13.2 Å². The Kier molecular flexibility index (Phi) is 3.06. The standard InChI is InChI=1S/C22H17NO2/c24-21-19-8-4-5-9-20(19)22(23(21)14-15-25-22)18-12-10-17(11-13-18)16-6-2-1-3-7-16/h1-13H,14-15H2. The zero-order valence-electron chi connectivity index (χ0n) is 13.7. The molecule has 0 saturated carbocycles. The third kappa shape index (κ3) is 1.93. The van der Waals surface area contributed by atoms with E-state index in [-0.39, 0.29) is 5.91 Å². The number of carbonyl (C=O) groups excluding carboxylic acids is 1. The van der Waals surface area contributed by atoms with Gasteiger partial charge in [0.2, 0.25) is 0 Å². The Morgan fingerprint density at radius 1 is 0.800 bits per heavy atom. The predicted octanol–water partition coefficient (Wildman–Crippen LogP) is 4.04. The van der Waals surface area contributed by atoms with Gasteiger partial charge in [-0.1, -0.05) is 72.8 Å². The fourth-order valence-electron chi connectivity index (χ4n) is 4.01. The SMILES string of the molecule is O=C1c2ccccc2C2(c3ccc(-c4ccccc4)cc3)OCCN12. The van der Waals surface area contributed by atoms with Crippen LogP contribution in [-0.4, -0.2) is 24.0 Å². The highest BCUT2D eigenvalue weighted by molar-refractivity contribution is 6.00. The van der Waals surface area contributed by atoms with Gasteiger partial charge in [-0.15, -0.1) is 0 Å². The monoisotopic (exact) mass is 327 g/mol. The lowest BCUT2D eigenvalue weighted by atomic mass is 9.92. The maximum Gasteiger partial charge on any atom is 0.257 e. The van der Waals surface area contributed by atoms with E-state index in [2.05, 4.69) is 36.4 Å². The lowest BCUT2D eigenvalue weighted by molar-refractivity contribution is -0.0304. The molecule has 2 heterocycles. The first kappa shape index (κ1) is 14.4. The first-order chi connectivity index (χ1) is 12.3. The number of hydrogen-bond acceptors (Lipinski definition) is 2. The van der Waals surface area contributed by atoms with Gasteiger partial charge in [-0.25, -0.2) is 0 Å². The molecule has 0 spiro atoms. The molecule has 1 atom stereocenters. The summed E-state index contributed by atoms with van der Waals surface area (Å²) < 4.78 is 6.20. The Morgan fingerprint density at radius 3 is 2.28 bits per heavy atom. The number of ether oxygens (including phenoxy) is 1. The summed E-state index contributed by atoms with van der Waals surface area (Å²) in [7, 11) is 0. The number of amides is 1. The van der Waals surface area contributed by atoms with Gasteiger partial charge in [0, 0.05) is 23.2 Å². The first-order valence-corrected chi connectivity index (χ1v) is 8.52. The molecule has 3 heteroatoms. The summed E-state index contributed by atoms with van der Waals surface area (Å²) in [5, 5.41) is 0. The van der Waals surface area contributed by atoms with E-state index in [1.807, 2.05) is 47.4 Å². The van der Waals surface area contributed by atoms with Crippen molar-refractivity contribution in [3.05, 3.63) is 95.6 Å². The van der Waals surface area contributed by atoms with Crippen LogP contribution in [0.2, 0.25) is 0 Å². The average Bonchev–Trinajstić information content (AvgIpc) is 3.22. The Balaban J connectivity index is 1.64. The van der Waals surface area contributed by atoms with E-state index in [9.17, 15) is 4.79 Å². The molecule has 2 aliphatic rings. The van der Waals surface area contributed by atoms with E-state index in [1.54, 1.807) is 0 Å². The van der Waals surface area contributed by atoms with Crippen LogP contribution in [0.4, 0.5) is 0 Å². The molecule has 1 fully saturated rings. The van der Waals surface area contributed by atoms with Crippen molar-refractivity contribution in [1.82, 2.24) is 4.90 Å². The summed E-state index contributed by atoms with van der Waals surface area (Å²) in [5.41, 5.74) is 4.26. The molecule has 122 valence electrons. The number of nitrogens with zero attached hydrogens (tertiary/aromatic N) is 1. The van der Waals surface area contributed by atoms with Crippen molar-refractivity contribution in [2.24, 2.45) is 0 Å². The summed E-state index contributed by atoms with van der Waals surface area (Å²) >= 11 is 0. The minimum absolute atomic E-state index is 0.0558. The molecule has 2 aliphatic heterocycles. The number of fused-ring (bicyclic) bond motifs is 3. The van der Waals surface area contributed by atoms with Gasteiger partial charge in [0.25, 0.3) is 5.91 Å². The minimum atomic E-state index is -0.775. The third-order valence-electron chi connectivity index (χ3n) is 5.16. The molecule has 3 aromatic carbocycles. The van der Waals surface area contributed by atoms with E-state index in [1.165, 1.54) is 5.56 Å². The average molecular weight is 327 g/mol. The molecule has 0 bridgehead atoms. The van der Waals surface area contributed by atoms with Gasteiger partial charge in [0.1, 0.15) is 0 Å². The van der Waals surface area contributed by atoms with Crippen LogP contribution in [-0.2, 0) is 10.5 Å². The minimum Gasteiger partial charge on any atom is -0.345 e. The van der Waals surface area contributed by atoms with Crippen molar-refractivity contribution in [3.8, 4) is 11.1 Å².